The number of hydrogen-bond donors (Lipinski definition) is 1. The number of hydrogen-bond acceptors (Lipinski definition) is 5. The van der Waals surface area contributed by atoms with Crippen LogP contribution in [-0.2, 0) is 25.7 Å². The summed E-state index contributed by atoms with van der Waals surface area (Å²) in [6.45, 7) is 11.0. The average Bonchev–Trinajstić information content (AvgIpc) is 3.59. The number of carbonyl (C=O) groups excluding carboxylic acids is 3. The maximum absolute atomic E-state index is 14.7. The molecule has 2 unspecified atom stereocenters. The number of carbonyl (C=O) groups is 3. The van der Waals surface area contributed by atoms with Crippen LogP contribution in [0.4, 0.5) is 5.69 Å². The molecule has 3 aliphatic heterocycles. The highest BCUT2D eigenvalue weighted by Crippen LogP contribution is 2.63. The summed E-state index contributed by atoms with van der Waals surface area (Å²) in [6.07, 6.45) is 6.34. The Morgan fingerprint density at radius 3 is 2.39 bits per heavy atom. The Morgan fingerprint density at radius 1 is 1.02 bits per heavy atom. The number of nitrogens with zero attached hydrogens (tertiary/aromatic N) is 3. The number of amides is 3. The summed E-state index contributed by atoms with van der Waals surface area (Å²) in [5.41, 5.74) is -0.416. The van der Waals surface area contributed by atoms with Crippen LogP contribution in [0.5, 0.6) is 0 Å². The van der Waals surface area contributed by atoms with Crippen LogP contribution < -0.4 is 4.90 Å². The predicted octanol–water partition coefficient (Wildman–Crippen LogP) is 5.00. The standard InChI is InChI=1S/C35H42ClN3O5/c1-4-20-37(24-25-12-8-6-9-13-25)31(41)28-29-32(42)39(22-10-7-11-23-40)30(35(29)19-18-34(28,3)44-35)33(43)38(21-5-2)27-16-14-26(36)15-17-27/h4-6,8-9,12-17,28-30,40H,1-2,7,10-11,18-24H2,3H3/t28-,29+,30?,34+,35?/m1/s1. The largest absolute Gasteiger partial charge is 0.396 e. The zero-order chi connectivity index (χ0) is 31.5. The first kappa shape index (κ1) is 31.9. The minimum atomic E-state index is -1.14. The van der Waals surface area contributed by atoms with Gasteiger partial charge in [-0.2, -0.15) is 0 Å². The van der Waals surface area contributed by atoms with E-state index in [-0.39, 0.29) is 30.9 Å². The smallest absolute Gasteiger partial charge is 0.253 e. The fraction of sp³-hybridized carbons (Fsp3) is 0.457. The van der Waals surface area contributed by atoms with Gasteiger partial charge in [0.15, 0.2) is 0 Å². The number of unbranched alkanes of at least 4 members (excludes halogenated alkanes) is 2. The van der Waals surface area contributed by atoms with Gasteiger partial charge in [-0.15, -0.1) is 13.2 Å². The number of likely N-dealkylation sites (tertiary alicyclic amines) is 1. The van der Waals surface area contributed by atoms with E-state index in [4.69, 9.17) is 16.3 Å². The molecule has 3 heterocycles. The molecule has 3 aliphatic rings. The third-order valence-corrected chi connectivity index (χ3v) is 9.68. The molecule has 3 saturated heterocycles. The monoisotopic (exact) mass is 619 g/mol. The van der Waals surface area contributed by atoms with Gasteiger partial charge in [-0.25, -0.2) is 0 Å². The number of fused-ring (bicyclic) bond motifs is 1. The zero-order valence-electron chi connectivity index (χ0n) is 25.4. The van der Waals surface area contributed by atoms with Gasteiger partial charge in [0.25, 0.3) is 5.91 Å². The first-order valence-electron chi connectivity index (χ1n) is 15.4. The van der Waals surface area contributed by atoms with E-state index in [9.17, 15) is 19.5 Å². The van der Waals surface area contributed by atoms with Crippen molar-refractivity contribution in [2.75, 3.05) is 31.1 Å². The second-order valence-electron chi connectivity index (χ2n) is 12.3. The lowest BCUT2D eigenvalue weighted by Crippen LogP contribution is -2.56. The van der Waals surface area contributed by atoms with Gasteiger partial charge in [0.1, 0.15) is 11.6 Å². The molecule has 8 nitrogen and oxygen atoms in total. The van der Waals surface area contributed by atoms with Gasteiger partial charge in [-0.1, -0.05) is 54.1 Å². The lowest BCUT2D eigenvalue weighted by Gasteiger charge is -2.37. The van der Waals surface area contributed by atoms with E-state index in [1.54, 1.807) is 51.1 Å². The Morgan fingerprint density at radius 2 is 1.73 bits per heavy atom. The van der Waals surface area contributed by atoms with E-state index in [0.717, 1.165) is 5.56 Å². The summed E-state index contributed by atoms with van der Waals surface area (Å²) in [5.74, 6) is -2.19. The van der Waals surface area contributed by atoms with E-state index in [0.29, 0.717) is 62.4 Å². The van der Waals surface area contributed by atoms with Crippen LogP contribution in [0.2, 0.25) is 5.02 Å². The Hall–Kier alpha value is -3.46. The highest BCUT2D eigenvalue weighted by atomic mass is 35.5. The molecule has 0 aliphatic carbocycles. The lowest BCUT2D eigenvalue weighted by molar-refractivity contribution is -0.150. The molecule has 3 amide bonds. The number of halogens is 1. The highest BCUT2D eigenvalue weighted by Gasteiger charge is 2.78. The summed E-state index contributed by atoms with van der Waals surface area (Å²) in [7, 11) is 0. The molecule has 3 fully saturated rings. The Balaban J connectivity index is 1.54. The maximum atomic E-state index is 14.7. The first-order chi connectivity index (χ1) is 21.2. The van der Waals surface area contributed by atoms with E-state index in [1.165, 1.54) is 0 Å². The summed E-state index contributed by atoms with van der Waals surface area (Å²) >= 11 is 6.15. The molecule has 5 rings (SSSR count). The van der Waals surface area contributed by atoms with Gasteiger partial charge in [-0.05, 0) is 68.9 Å². The second-order valence-corrected chi connectivity index (χ2v) is 12.7. The quantitative estimate of drug-likeness (QED) is 0.237. The van der Waals surface area contributed by atoms with Gasteiger partial charge in [0.2, 0.25) is 11.8 Å². The van der Waals surface area contributed by atoms with Gasteiger partial charge >= 0.3 is 0 Å². The molecule has 2 bridgehead atoms. The van der Waals surface area contributed by atoms with E-state index in [1.807, 2.05) is 37.3 Å². The first-order valence-corrected chi connectivity index (χ1v) is 15.8. The van der Waals surface area contributed by atoms with Gasteiger partial charge in [0, 0.05) is 43.5 Å². The van der Waals surface area contributed by atoms with Crippen molar-refractivity contribution in [1.29, 1.82) is 0 Å². The number of benzene rings is 2. The molecule has 2 aromatic carbocycles. The van der Waals surface area contributed by atoms with E-state index in [2.05, 4.69) is 13.2 Å². The minimum Gasteiger partial charge on any atom is -0.396 e. The minimum absolute atomic E-state index is 0.0607. The van der Waals surface area contributed by atoms with Crippen LogP contribution in [0.25, 0.3) is 0 Å². The number of anilines is 1. The van der Waals surface area contributed by atoms with Crippen LogP contribution in [0, 0.1) is 11.8 Å². The molecule has 0 aromatic heterocycles. The van der Waals surface area contributed by atoms with Crippen LogP contribution in [0.3, 0.4) is 0 Å². The zero-order valence-corrected chi connectivity index (χ0v) is 26.1. The molecule has 1 spiro atoms. The summed E-state index contributed by atoms with van der Waals surface area (Å²) in [6, 6.07) is 15.8. The lowest BCUT2D eigenvalue weighted by atomic mass is 9.66. The Labute approximate surface area is 264 Å². The number of aliphatic hydroxyl groups excluding tert-OH is 1. The normalized spacial score (nSPS) is 26.8. The summed E-state index contributed by atoms with van der Waals surface area (Å²) < 4.78 is 6.86. The topological polar surface area (TPSA) is 90.4 Å². The van der Waals surface area contributed by atoms with Crippen molar-refractivity contribution >= 4 is 35.0 Å². The molecule has 0 saturated carbocycles. The number of rotatable bonds is 14. The van der Waals surface area contributed by atoms with Crippen LogP contribution in [-0.4, -0.2) is 76.1 Å². The van der Waals surface area contributed by atoms with Gasteiger partial charge < -0.3 is 24.5 Å². The third-order valence-electron chi connectivity index (χ3n) is 9.43. The molecule has 234 valence electrons. The molecule has 0 radical (unpaired) electrons. The van der Waals surface area contributed by atoms with Crippen molar-refractivity contribution < 1.29 is 24.2 Å². The SMILES string of the molecule is C=CCN(Cc1ccccc1)C(=O)[C@H]1[C@H]2C(=O)N(CCCCCO)C(C(=O)N(CC=C)c3ccc(Cl)cc3)C23CC[C@]1(C)O3. The van der Waals surface area contributed by atoms with Crippen molar-refractivity contribution in [3.05, 3.63) is 90.5 Å². The van der Waals surface area contributed by atoms with Crippen LogP contribution in [0.1, 0.15) is 44.6 Å². The van der Waals surface area contributed by atoms with Crippen molar-refractivity contribution in [1.82, 2.24) is 9.80 Å². The van der Waals surface area contributed by atoms with Crippen molar-refractivity contribution in [3.63, 3.8) is 0 Å². The highest BCUT2D eigenvalue weighted by molar-refractivity contribution is 6.30. The number of ether oxygens (including phenoxy) is 1. The predicted molar refractivity (Wildman–Crippen MR) is 171 cm³/mol. The van der Waals surface area contributed by atoms with Crippen molar-refractivity contribution in [2.45, 2.75) is 62.8 Å². The molecule has 2 aromatic rings. The molecular formula is C35H42ClN3O5. The summed E-state index contributed by atoms with van der Waals surface area (Å²) in [4.78, 5) is 48.7. The van der Waals surface area contributed by atoms with Crippen LogP contribution in [0.15, 0.2) is 79.9 Å². The van der Waals surface area contributed by atoms with Crippen molar-refractivity contribution in [2.24, 2.45) is 11.8 Å². The molecular weight excluding hydrogens is 578 g/mol. The fourth-order valence-corrected chi connectivity index (χ4v) is 7.63. The Kier molecular flexibility index (Phi) is 9.63. The van der Waals surface area contributed by atoms with Crippen molar-refractivity contribution in [3.8, 4) is 0 Å². The second kappa shape index (κ2) is 13.3. The van der Waals surface area contributed by atoms with E-state index >= 15 is 0 Å². The number of aliphatic hydroxyl groups is 1. The fourth-order valence-electron chi connectivity index (χ4n) is 7.50. The molecule has 9 heteroatoms. The van der Waals surface area contributed by atoms with E-state index < -0.39 is 29.1 Å². The maximum Gasteiger partial charge on any atom is 0.253 e. The summed E-state index contributed by atoms with van der Waals surface area (Å²) in [5, 5.41) is 9.89. The third kappa shape index (κ3) is 5.71. The Bertz CT molecular complexity index is 1380. The molecule has 1 N–H and O–H groups in total. The van der Waals surface area contributed by atoms with Gasteiger partial charge in [0.05, 0.1) is 17.4 Å². The van der Waals surface area contributed by atoms with Crippen LogP contribution >= 0.6 is 11.6 Å². The average molecular weight is 620 g/mol. The van der Waals surface area contributed by atoms with Gasteiger partial charge in [-0.3, -0.25) is 14.4 Å². The molecule has 44 heavy (non-hydrogen) atoms. The molecule has 5 atom stereocenters.